The number of benzene rings is 3. The lowest BCUT2D eigenvalue weighted by molar-refractivity contribution is -0.384. The van der Waals surface area contributed by atoms with Crippen molar-refractivity contribution in [2.24, 2.45) is 5.10 Å². The summed E-state index contributed by atoms with van der Waals surface area (Å²) < 4.78 is 16.1. The van der Waals surface area contributed by atoms with Crippen LogP contribution in [0.4, 0.5) is 5.69 Å². The van der Waals surface area contributed by atoms with Gasteiger partial charge in [0.25, 0.3) is 11.6 Å². The summed E-state index contributed by atoms with van der Waals surface area (Å²) in [7, 11) is 3.01. The summed E-state index contributed by atoms with van der Waals surface area (Å²) in [5.74, 6) is 1.17. The van der Waals surface area contributed by atoms with Crippen LogP contribution in [0.1, 0.15) is 21.5 Å². The molecule has 0 aliphatic heterocycles. The molecule has 0 radical (unpaired) electrons. The normalized spacial score (nSPS) is 10.6. The lowest BCUT2D eigenvalue weighted by Gasteiger charge is -2.08. The van der Waals surface area contributed by atoms with E-state index < -0.39 is 10.8 Å². The Hall–Kier alpha value is -4.40. The number of non-ortho nitro benzene ring substituents is 1. The largest absolute Gasteiger partial charge is 0.497 e. The van der Waals surface area contributed by atoms with Crippen LogP contribution >= 0.6 is 0 Å². The summed E-state index contributed by atoms with van der Waals surface area (Å²) in [6, 6.07) is 18.1. The predicted octanol–water partition coefficient (Wildman–Crippen LogP) is 3.95. The van der Waals surface area contributed by atoms with E-state index in [1.54, 1.807) is 48.5 Å². The van der Waals surface area contributed by atoms with E-state index in [4.69, 9.17) is 14.2 Å². The number of methoxy groups -OCH3 is 2. The number of nitro groups is 1. The molecule has 0 saturated carbocycles. The number of hydrogen-bond donors (Lipinski definition) is 1. The van der Waals surface area contributed by atoms with Crippen molar-refractivity contribution in [2.75, 3.05) is 14.2 Å². The minimum atomic E-state index is -0.447. The van der Waals surface area contributed by atoms with Crippen LogP contribution in [-0.4, -0.2) is 31.3 Å². The van der Waals surface area contributed by atoms with Crippen LogP contribution in [0.2, 0.25) is 0 Å². The topological polar surface area (TPSA) is 112 Å². The van der Waals surface area contributed by atoms with Gasteiger partial charge in [-0.3, -0.25) is 14.9 Å². The fourth-order valence-corrected chi connectivity index (χ4v) is 2.73. The monoisotopic (exact) mass is 435 g/mol. The number of rotatable bonds is 9. The standard InChI is InChI=1S/C23H21N3O6/c1-30-21-11-18(12-22(13-21)31-2)23(27)25-24-14-17-4-3-5-20(10-17)32-15-16-6-8-19(9-7-16)26(28)29/h3-14H,15H2,1-2H3,(H,25,27)/b24-14-. The first-order chi connectivity index (χ1) is 15.5. The van der Waals surface area contributed by atoms with Gasteiger partial charge in [0.2, 0.25) is 0 Å². The number of carbonyl (C=O) groups is 1. The number of nitro benzene ring substituents is 1. The molecule has 0 heterocycles. The third-order valence-corrected chi connectivity index (χ3v) is 4.40. The van der Waals surface area contributed by atoms with E-state index in [2.05, 4.69) is 10.5 Å². The van der Waals surface area contributed by atoms with Crippen LogP contribution in [0.15, 0.2) is 71.8 Å². The number of nitrogens with zero attached hydrogens (tertiary/aromatic N) is 2. The molecule has 0 saturated heterocycles. The number of hydrazone groups is 1. The van der Waals surface area contributed by atoms with Gasteiger partial charge in [-0.1, -0.05) is 12.1 Å². The maximum absolute atomic E-state index is 12.4. The average molecular weight is 435 g/mol. The molecule has 0 fully saturated rings. The average Bonchev–Trinajstić information content (AvgIpc) is 2.82. The zero-order valence-corrected chi connectivity index (χ0v) is 17.5. The van der Waals surface area contributed by atoms with Crippen LogP contribution < -0.4 is 19.6 Å². The fourth-order valence-electron chi connectivity index (χ4n) is 2.73. The minimum Gasteiger partial charge on any atom is -0.497 e. The van der Waals surface area contributed by atoms with Crippen molar-refractivity contribution in [3.8, 4) is 17.2 Å². The SMILES string of the molecule is COc1cc(OC)cc(C(=O)N/N=C\c2cccc(OCc3ccc([N+](=O)[O-])cc3)c2)c1. The molecule has 0 bridgehead atoms. The van der Waals surface area contributed by atoms with Gasteiger partial charge in [-0.15, -0.1) is 0 Å². The Morgan fingerprint density at radius 1 is 1.00 bits per heavy atom. The van der Waals surface area contributed by atoms with E-state index in [1.807, 2.05) is 6.07 Å². The highest BCUT2D eigenvalue weighted by molar-refractivity contribution is 5.95. The first-order valence-electron chi connectivity index (χ1n) is 9.51. The molecule has 0 atom stereocenters. The van der Waals surface area contributed by atoms with E-state index in [0.29, 0.717) is 22.8 Å². The molecule has 1 N–H and O–H groups in total. The van der Waals surface area contributed by atoms with E-state index in [-0.39, 0.29) is 12.3 Å². The molecule has 0 unspecified atom stereocenters. The molecule has 3 rings (SSSR count). The maximum atomic E-state index is 12.4. The van der Waals surface area contributed by atoms with Crippen molar-refractivity contribution in [3.05, 3.63) is 93.5 Å². The molecule has 3 aromatic rings. The molecule has 1 amide bonds. The summed E-state index contributed by atoms with van der Waals surface area (Å²) in [5.41, 5.74) is 4.36. The Labute approximate surface area is 184 Å². The summed E-state index contributed by atoms with van der Waals surface area (Å²) >= 11 is 0. The van der Waals surface area contributed by atoms with E-state index in [9.17, 15) is 14.9 Å². The second-order valence-electron chi connectivity index (χ2n) is 6.59. The number of hydrogen-bond acceptors (Lipinski definition) is 7. The van der Waals surface area contributed by atoms with E-state index in [0.717, 1.165) is 11.1 Å². The van der Waals surface area contributed by atoms with Crippen LogP contribution in [0.25, 0.3) is 0 Å². The molecule has 0 aliphatic carbocycles. The Morgan fingerprint density at radius 3 is 2.31 bits per heavy atom. The lowest BCUT2D eigenvalue weighted by Crippen LogP contribution is -2.17. The predicted molar refractivity (Wildman–Crippen MR) is 118 cm³/mol. The van der Waals surface area contributed by atoms with Crippen molar-refractivity contribution in [1.82, 2.24) is 5.43 Å². The highest BCUT2D eigenvalue weighted by atomic mass is 16.6. The van der Waals surface area contributed by atoms with Gasteiger partial charge < -0.3 is 14.2 Å². The molecule has 9 heteroatoms. The summed E-state index contributed by atoms with van der Waals surface area (Å²) in [6.07, 6.45) is 1.49. The Bertz CT molecular complexity index is 1110. The number of carbonyl (C=O) groups excluding carboxylic acids is 1. The van der Waals surface area contributed by atoms with Crippen LogP contribution in [0.5, 0.6) is 17.2 Å². The molecule has 32 heavy (non-hydrogen) atoms. The van der Waals surface area contributed by atoms with Gasteiger partial charge in [-0.2, -0.15) is 5.10 Å². The Balaban J connectivity index is 1.59. The third kappa shape index (κ3) is 6.05. The molecular weight excluding hydrogens is 414 g/mol. The van der Waals surface area contributed by atoms with Crippen molar-refractivity contribution < 1.29 is 23.9 Å². The van der Waals surface area contributed by atoms with Crippen molar-refractivity contribution in [3.63, 3.8) is 0 Å². The third-order valence-electron chi connectivity index (χ3n) is 4.40. The smallest absolute Gasteiger partial charge is 0.271 e. The molecular formula is C23H21N3O6. The second kappa shape index (κ2) is 10.6. The van der Waals surface area contributed by atoms with Crippen molar-refractivity contribution in [1.29, 1.82) is 0 Å². The first-order valence-corrected chi connectivity index (χ1v) is 9.51. The highest BCUT2D eigenvalue weighted by Crippen LogP contribution is 2.22. The summed E-state index contributed by atoms with van der Waals surface area (Å²) in [6.45, 7) is 0.257. The molecule has 0 spiro atoms. The lowest BCUT2D eigenvalue weighted by atomic mass is 10.2. The molecule has 9 nitrogen and oxygen atoms in total. The second-order valence-corrected chi connectivity index (χ2v) is 6.59. The van der Waals surface area contributed by atoms with Gasteiger partial charge in [0.05, 0.1) is 25.4 Å². The maximum Gasteiger partial charge on any atom is 0.271 e. The first kappa shape index (κ1) is 22.3. The molecule has 3 aromatic carbocycles. The van der Waals surface area contributed by atoms with Gasteiger partial charge in [0.1, 0.15) is 23.9 Å². The van der Waals surface area contributed by atoms with Gasteiger partial charge in [0.15, 0.2) is 0 Å². The van der Waals surface area contributed by atoms with Gasteiger partial charge in [0, 0.05) is 23.8 Å². The minimum absolute atomic E-state index is 0.0291. The summed E-state index contributed by atoms with van der Waals surface area (Å²) in [5, 5.41) is 14.7. The Kier molecular flexibility index (Phi) is 7.37. The highest BCUT2D eigenvalue weighted by Gasteiger charge is 2.09. The zero-order chi connectivity index (χ0) is 22.9. The molecule has 0 aromatic heterocycles. The van der Waals surface area contributed by atoms with Gasteiger partial charge in [-0.25, -0.2) is 5.43 Å². The van der Waals surface area contributed by atoms with Crippen LogP contribution in [0, 0.1) is 10.1 Å². The quantitative estimate of drug-likeness (QED) is 0.309. The fraction of sp³-hybridized carbons (Fsp3) is 0.130. The summed E-state index contributed by atoms with van der Waals surface area (Å²) in [4.78, 5) is 22.6. The van der Waals surface area contributed by atoms with E-state index >= 15 is 0 Å². The van der Waals surface area contributed by atoms with E-state index in [1.165, 1.54) is 32.6 Å². The van der Waals surface area contributed by atoms with Crippen LogP contribution in [0.3, 0.4) is 0 Å². The number of amides is 1. The number of nitrogens with one attached hydrogen (secondary N) is 1. The Morgan fingerprint density at radius 2 is 1.69 bits per heavy atom. The molecule has 0 aliphatic rings. The van der Waals surface area contributed by atoms with Gasteiger partial charge >= 0.3 is 0 Å². The molecule has 164 valence electrons. The van der Waals surface area contributed by atoms with Crippen molar-refractivity contribution in [2.45, 2.75) is 6.61 Å². The van der Waals surface area contributed by atoms with Crippen molar-refractivity contribution >= 4 is 17.8 Å². The number of ether oxygens (including phenoxy) is 3. The zero-order valence-electron chi connectivity index (χ0n) is 17.5. The van der Waals surface area contributed by atoms with Crippen LogP contribution in [-0.2, 0) is 6.61 Å². The van der Waals surface area contributed by atoms with Gasteiger partial charge in [-0.05, 0) is 47.5 Å².